The Morgan fingerprint density at radius 3 is 2.74 bits per heavy atom. The molecule has 0 saturated heterocycles. The van der Waals surface area contributed by atoms with Crippen LogP contribution < -0.4 is 10.1 Å². The smallest absolute Gasteiger partial charge is 0.422 e. The van der Waals surface area contributed by atoms with E-state index in [-0.39, 0.29) is 5.28 Å². The molecule has 0 atom stereocenters. The standard InChI is InChI=1S/C15H11BClN5O/c1-23-13-8-19-15(17)22-14(13)21-12-4-2-10(3-5-12)11-6-16(9-18)20-7-11/h2-8H,1H3,(H,19,21,22). The average Bonchev–Trinajstić information content (AvgIpc) is 3.05. The number of methoxy groups -OCH3 is 1. The first-order valence-corrected chi connectivity index (χ1v) is 7.16. The second-order valence-electron chi connectivity index (χ2n) is 4.73. The summed E-state index contributed by atoms with van der Waals surface area (Å²) in [5, 5.41) is 12.1. The normalized spacial score (nSPS) is 12.7. The fourth-order valence-electron chi connectivity index (χ4n) is 2.13. The number of nitrogens with one attached hydrogen (secondary N) is 1. The van der Waals surface area contributed by atoms with Gasteiger partial charge in [-0.15, -0.1) is 0 Å². The summed E-state index contributed by atoms with van der Waals surface area (Å²) < 4.78 is 5.20. The van der Waals surface area contributed by atoms with Crippen molar-refractivity contribution in [2.45, 2.75) is 0 Å². The zero-order valence-electron chi connectivity index (χ0n) is 12.2. The van der Waals surface area contributed by atoms with Crippen LogP contribution in [0, 0.1) is 11.2 Å². The zero-order chi connectivity index (χ0) is 16.2. The lowest BCUT2D eigenvalue weighted by molar-refractivity contribution is 0.413. The van der Waals surface area contributed by atoms with Gasteiger partial charge in [0.25, 0.3) is 0 Å². The van der Waals surface area contributed by atoms with Crippen molar-refractivity contribution in [2.75, 3.05) is 12.4 Å². The van der Waals surface area contributed by atoms with Gasteiger partial charge in [0.2, 0.25) is 5.28 Å². The molecule has 0 aliphatic carbocycles. The first-order chi connectivity index (χ1) is 11.2. The van der Waals surface area contributed by atoms with Crippen molar-refractivity contribution >= 4 is 41.7 Å². The molecule has 2 heterocycles. The van der Waals surface area contributed by atoms with Crippen LogP contribution in [0.15, 0.2) is 41.3 Å². The van der Waals surface area contributed by atoms with Gasteiger partial charge in [-0.1, -0.05) is 18.1 Å². The number of rotatable bonds is 4. The largest absolute Gasteiger partial charge is 0.491 e. The Balaban J connectivity index is 1.80. The van der Waals surface area contributed by atoms with Crippen LogP contribution >= 0.6 is 11.6 Å². The third-order valence-electron chi connectivity index (χ3n) is 3.27. The fraction of sp³-hybridized carbons (Fsp3) is 0.0667. The first kappa shape index (κ1) is 15.1. The lowest BCUT2D eigenvalue weighted by Gasteiger charge is -2.10. The van der Waals surface area contributed by atoms with Gasteiger partial charge in [-0.25, -0.2) is 10.2 Å². The minimum absolute atomic E-state index is 0.139. The number of halogens is 1. The number of benzene rings is 1. The average molecular weight is 324 g/mol. The molecule has 1 aliphatic heterocycles. The molecule has 0 saturated carbocycles. The molecule has 1 aromatic heterocycles. The van der Waals surface area contributed by atoms with E-state index in [4.69, 9.17) is 21.6 Å². The molecular formula is C15H11BClN5O. The molecule has 0 fully saturated rings. The van der Waals surface area contributed by atoms with Gasteiger partial charge in [0.15, 0.2) is 11.6 Å². The van der Waals surface area contributed by atoms with Crippen LogP contribution in [0.1, 0.15) is 5.56 Å². The highest BCUT2D eigenvalue weighted by atomic mass is 35.5. The van der Waals surface area contributed by atoms with Crippen molar-refractivity contribution in [3.05, 3.63) is 47.3 Å². The SMILES string of the molecule is COc1cnc(Cl)nc1Nc1ccc(C2=CB(C#N)N=C2)cc1. The van der Waals surface area contributed by atoms with Crippen LogP contribution in [-0.4, -0.2) is 30.1 Å². The predicted molar refractivity (Wildman–Crippen MR) is 91.2 cm³/mol. The summed E-state index contributed by atoms with van der Waals surface area (Å²) >= 11 is 5.81. The lowest BCUT2D eigenvalue weighted by Crippen LogP contribution is -1.99. The summed E-state index contributed by atoms with van der Waals surface area (Å²) in [6.07, 6.45) is 3.22. The second-order valence-corrected chi connectivity index (χ2v) is 5.07. The van der Waals surface area contributed by atoms with Gasteiger partial charge in [0, 0.05) is 17.9 Å². The Morgan fingerprint density at radius 1 is 1.30 bits per heavy atom. The van der Waals surface area contributed by atoms with E-state index >= 15 is 0 Å². The van der Waals surface area contributed by atoms with Gasteiger partial charge in [0.1, 0.15) is 0 Å². The molecule has 0 spiro atoms. The van der Waals surface area contributed by atoms with Gasteiger partial charge in [0.05, 0.1) is 13.3 Å². The van der Waals surface area contributed by atoms with E-state index in [0.29, 0.717) is 11.6 Å². The molecule has 0 radical (unpaired) electrons. The maximum Gasteiger partial charge on any atom is 0.422 e. The van der Waals surface area contributed by atoms with Crippen molar-refractivity contribution in [1.82, 2.24) is 9.97 Å². The Kier molecular flexibility index (Phi) is 4.26. The quantitative estimate of drug-likeness (QED) is 0.691. The lowest BCUT2D eigenvalue weighted by atomic mass is 9.66. The van der Waals surface area contributed by atoms with E-state index in [1.54, 1.807) is 13.3 Å². The van der Waals surface area contributed by atoms with E-state index < -0.39 is 6.85 Å². The minimum atomic E-state index is -0.393. The van der Waals surface area contributed by atoms with Crippen molar-refractivity contribution < 1.29 is 4.74 Å². The molecular weight excluding hydrogens is 312 g/mol. The minimum Gasteiger partial charge on any atom is -0.491 e. The molecule has 1 N–H and O–H groups in total. The number of allylic oxidation sites excluding steroid dienone is 1. The number of hydrogen-bond acceptors (Lipinski definition) is 6. The number of aromatic nitrogens is 2. The van der Waals surface area contributed by atoms with Crippen LogP contribution in [-0.2, 0) is 0 Å². The molecule has 1 aromatic carbocycles. The Morgan fingerprint density at radius 2 is 2.09 bits per heavy atom. The highest BCUT2D eigenvalue weighted by molar-refractivity contribution is 6.75. The molecule has 0 unspecified atom stereocenters. The van der Waals surface area contributed by atoms with Crippen molar-refractivity contribution in [2.24, 2.45) is 4.90 Å². The summed E-state index contributed by atoms with van der Waals surface area (Å²) in [5.74, 6) is 4.92. The zero-order valence-corrected chi connectivity index (χ0v) is 12.9. The van der Waals surface area contributed by atoms with Crippen molar-refractivity contribution in [1.29, 1.82) is 5.26 Å². The molecule has 2 aromatic rings. The van der Waals surface area contributed by atoms with Crippen LogP contribution in [0.4, 0.5) is 11.5 Å². The van der Waals surface area contributed by atoms with E-state index in [0.717, 1.165) is 16.8 Å². The third kappa shape index (κ3) is 3.33. The van der Waals surface area contributed by atoms with Crippen molar-refractivity contribution in [3.63, 3.8) is 0 Å². The molecule has 6 nitrogen and oxygen atoms in total. The van der Waals surface area contributed by atoms with Gasteiger partial charge in [-0.05, 0) is 34.9 Å². The molecule has 0 bridgehead atoms. The van der Waals surface area contributed by atoms with Crippen LogP contribution in [0.5, 0.6) is 5.75 Å². The van der Waals surface area contributed by atoms with Crippen LogP contribution in [0.25, 0.3) is 5.57 Å². The summed E-state index contributed by atoms with van der Waals surface area (Å²) in [5.41, 5.74) is 2.75. The van der Waals surface area contributed by atoms with Gasteiger partial charge in [-0.3, -0.25) is 0 Å². The van der Waals surface area contributed by atoms with Gasteiger partial charge >= 0.3 is 6.85 Å². The summed E-state index contributed by atoms with van der Waals surface area (Å²) in [6.45, 7) is -0.393. The summed E-state index contributed by atoms with van der Waals surface area (Å²) in [4.78, 5) is 12.1. The van der Waals surface area contributed by atoms with E-state index in [2.05, 4.69) is 26.2 Å². The molecule has 112 valence electrons. The number of anilines is 2. The highest BCUT2D eigenvalue weighted by Gasteiger charge is 2.16. The third-order valence-corrected chi connectivity index (χ3v) is 3.45. The fourth-order valence-corrected chi connectivity index (χ4v) is 2.26. The molecule has 1 aliphatic rings. The van der Waals surface area contributed by atoms with Crippen molar-refractivity contribution in [3.8, 4) is 11.7 Å². The number of hydrogen-bond donors (Lipinski definition) is 1. The van der Waals surface area contributed by atoms with Gasteiger partial charge < -0.3 is 15.0 Å². The Bertz CT molecular complexity index is 829. The maximum atomic E-state index is 8.86. The predicted octanol–water partition coefficient (Wildman–Crippen LogP) is 2.94. The molecule has 23 heavy (non-hydrogen) atoms. The molecule has 0 amide bonds. The van der Waals surface area contributed by atoms with Crippen LogP contribution in [0.2, 0.25) is 5.28 Å². The first-order valence-electron chi connectivity index (χ1n) is 6.78. The maximum absolute atomic E-state index is 8.86. The molecule has 3 rings (SSSR count). The molecule has 8 heteroatoms. The number of ether oxygens (including phenoxy) is 1. The van der Waals surface area contributed by atoms with E-state index in [9.17, 15) is 0 Å². The highest BCUT2D eigenvalue weighted by Crippen LogP contribution is 2.27. The monoisotopic (exact) mass is 323 g/mol. The summed E-state index contributed by atoms with van der Waals surface area (Å²) in [6, 6.07) is 7.68. The summed E-state index contributed by atoms with van der Waals surface area (Å²) in [7, 11) is 1.54. The van der Waals surface area contributed by atoms with E-state index in [1.807, 2.05) is 30.2 Å². The Hall–Kier alpha value is -2.85. The topological polar surface area (TPSA) is 83.2 Å². The van der Waals surface area contributed by atoms with E-state index in [1.165, 1.54) is 6.20 Å². The number of nitriles is 1. The van der Waals surface area contributed by atoms with Crippen LogP contribution in [0.3, 0.4) is 0 Å². The second kappa shape index (κ2) is 6.50. The number of nitrogens with zero attached hydrogens (tertiary/aromatic N) is 4. The Labute approximate surface area is 138 Å². The van der Waals surface area contributed by atoms with Gasteiger partial charge in [-0.2, -0.15) is 4.98 Å².